The van der Waals surface area contributed by atoms with Crippen molar-refractivity contribution in [3.8, 4) is 0 Å². The number of hydrogen-bond donors (Lipinski definition) is 1. The molecule has 0 aromatic heterocycles. The van der Waals surface area contributed by atoms with Crippen LogP contribution in [0.3, 0.4) is 0 Å². The van der Waals surface area contributed by atoms with E-state index in [0.717, 1.165) is 32.2 Å². The molecule has 0 rings (SSSR count). The topological polar surface area (TPSA) is 79.2 Å². The normalized spacial score (nSPS) is 8.96. The van der Waals surface area contributed by atoms with Crippen LogP contribution in [0.4, 0.5) is 0 Å². The molecule has 0 saturated carbocycles. The third-order valence-electron chi connectivity index (χ3n) is 2.53. The summed E-state index contributed by atoms with van der Waals surface area (Å²) < 4.78 is 9.98. The smallest absolute Gasteiger partial charge is 0.677 e. The van der Waals surface area contributed by atoms with E-state index in [1.807, 2.05) is 0 Å². The second-order valence-corrected chi connectivity index (χ2v) is 5.92. The minimum absolute atomic E-state index is 0. The maximum atomic E-state index is 11.2. The van der Waals surface area contributed by atoms with Gasteiger partial charge in [0.1, 0.15) is 0 Å². The molecule has 0 aliphatic heterocycles. The molecule has 2 radical (unpaired) electrons. The second-order valence-electron chi connectivity index (χ2n) is 5.92. The maximum Gasteiger partial charge on any atom is 1.00 e. The van der Waals surface area contributed by atoms with Crippen LogP contribution in [0.25, 0.3) is 5.73 Å². The Morgan fingerprint density at radius 2 is 1.72 bits per heavy atom. The molecule has 0 spiro atoms. The van der Waals surface area contributed by atoms with E-state index >= 15 is 0 Å². The molecule has 0 heterocycles. The first-order valence-electron chi connectivity index (χ1n) is 8.33. The number of amides is 1. The van der Waals surface area contributed by atoms with Crippen molar-refractivity contribution in [1.29, 1.82) is 1.28 Å². The van der Waals surface area contributed by atoms with E-state index in [2.05, 4.69) is 26.8 Å². The van der Waals surface area contributed by atoms with Crippen LogP contribution in [0.5, 0.6) is 0 Å². The molecule has 0 fully saturated rings. The van der Waals surface area contributed by atoms with Gasteiger partial charge in [0.15, 0.2) is 0 Å². The van der Waals surface area contributed by atoms with E-state index in [4.69, 9.17) is 7.01 Å². The molecule has 9 heteroatoms. The molecule has 0 bridgehead atoms. The van der Waals surface area contributed by atoms with Gasteiger partial charge in [0, 0.05) is 78.4 Å². The van der Waals surface area contributed by atoms with Crippen LogP contribution >= 0.6 is 9.84 Å². The fraction of sp³-hybridized carbons (Fsp3) is 0.875. The minimum atomic E-state index is -0.373. The van der Waals surface area contributed by atoms with Crippen LogP contribution in [0.1, 0.15) is 72.6 Å². The number of carbonyl (C=O) groups excluding carboxylic acids is 2. The van der Waals surface area contributed by atoms with Gasteiger partial charge < -0.3 is 30.4 Å². The molecule has 0 unspecified atom stereocenters. The van der Waals surface area contributed by atoms with Crippen molar-refractivity contribution in [2.75, 3.05) is 13.1 Å². The van der Waals surface area contributed by atoms with Gasteiger partial charge in [0.25, 0.3) is 0 Å². The fourth-order valence-electron chi connectivity index (χ4n) is 1.40. The molecule has 0 aliphatic rings. The molecule has 0 atom stereocenters. The van der Waals surface area contributed by atoms with Gasteiger partial charge in [-0.15, -0.1) is 0 Å². The predicted octanol–water partition coefficient (Wildman–Crippen LogP) is 1.10. The van der Waals surface area contributed by atoms with Gasteiger partial charge in [-0.2, -0.15) is 6.54 Å². The molecule has 5 nitrogen and oxygen atoms in total. The Hall–Kier alpha value is 3.17. The Morgan fingerprint density at radius 1 is 1.16 bits per heavy atom. The zero-order chi connectivity index (χ0) is 18.6. The monoisotopic (exact) mass is 551 g/mol. The summed E-state index contributed by atoms with van der Waals surface area (Å²) in [6.45, 7) is 10.2. The van der Waals surface area contributed by atoms with Gasteiger partial charge in [-0.3, -0.25) is 4.79 Å². The molecule has 0 aliphatic carbocycles. The predicted molar refractivity (Wildman–Crippen MR) is 96.4 cm³/mol. The van der Waals surface area contributed by atoms with Crippen LogP contribution in [-0.2, 0) is 79.7 Å². The number of unbranched alkanes of at least 4 members (excludes halogenated alkanes) is 4. The van der Waals surface area contributed by atoms with Gasteiger partial charge in [-0.05, 0) is 33.6 Å². The molecule has 25 heavy (non-hydrogen) atoms. The third-order valence-corrected chi connectivity index (χ3v) is 2.53. The van der Waals surface area contributed by atoms with Crippen molar-refractivity contribution in [2.45, 2.75) is 78.2 Å². The van der Waals surface area contributed by atoms with Gasteiger partial charge in [-0.25, -0.2) is 1.28 Å². The van der Waals surface area contributed by atoms with Crippen LogP contribution in [0, 0.1) is 0 Å². The Morgan fingerprint density at radius 3 is 2.08 bits per heavy atom. The Labute approximate surface area is 252 Å². The van der Waals surface area contributed by atoms with Crippen LogP contribution in [0.15, 0.2) is 0 Å². The van der Waals surface area contributed by atoms with E-state index < -0.39 is 0 Å². The summed E-state index contributed by atoms with van der Waals surface area (Å²) in [4.78, 5) is 20.7. The van der Waals surface area contributed by atoms with Crippen molar-refractivity contribution >= 4 is 22.2 Å². The molecule has 0 saturated heterocycles. The fourth-order valence-corrected chi connectivity index (χ4v) is 1.40. The Kier molecular flexibility index (Phi) is 49.4. The molecule has 0 aromatic rings. The van der Waals surface area contributed by atoms with Crippen molar-refractivity contribution < 1.29 is 131 Å². The van der Waals surface area contributed by atoms with Crippen molar-refractivity contribution in [1.82, 2.24) is 5.32 Å². The summed E-state index contributed by atoms with van der Waals surface area (Å²) in [6.07, 6.45) is 6.97. The van der Waals surface area contributed by atoms with Gasteiger partial charge >= 0.3 is 51.4 Å². The zero-order valence-electron chi connectivity index (χ0n) is 17.7. The summed E-state index contributed by atoms with van der Waals surface area (Å²) in [5.74, 6) is 0.172. The van der Waals surface area contributed by atoms with Crippen LogP contribution < -0.4 is 56.7 Å². The van der Waals surface area contributed by atoms with Crippen molar-refractivity contribution in [2.24, 2.45) is 0 Å². The average molecular weight is 551 g/mol. The Bertz CT molecular complexity index is 264. The number of nitrogens with one attached hydrogen (secondary N) is 2. The molecule has 0 aromatic carbocycles. The Balaban J connectivity index is -0.0000000720. The van der Waals surface area contributed by atoms with Gasteiger partial charge in [-0.1, -0.05) is 39.1 Å². The maximum absolute atomic E-state index is 11.2. The first-order valence-corrected chi connectivity index (χ1v) is 7.83. The molecule has 2 N–H and O–H groups in total. The average Bonchev–Trinajstić information content (AvgIpc) is 2.50. The van der Waals surface area contributed by atoms with E-state index in [9.17, 15) is 9.59 Å². The molecule has 1 amide bonds. The SMILES string of the molecule is CC(C)(C)O[C-]=O.CCCCCNC(=O)CCCCC[NH-].[2H][PH-].[K+].[Y].[Y]. The summed E-state index contributed by atoms with van der Waals surface area (Å²) in [7, 11) is 2.22. The zero-order valence-corrected chi connectivity index (χ0v) is 26.5. The second kappa shape index (κ2) is 31.9. The standard InChI is InChI=1S/C11H23N2O.C5H9O2.K.H2P.2Y/c1-2-3-7-10-13-11(14)8-5-4-6-9-12;1-5(2,3)7-4-6;;;;/h12H,2-10H2,1H3,(H,13,14);1-3H3;;1H2;;/q2*-1;+1;-1;;/i;;;1D;;. The number of ether oxygens (including phenoxy) is 1. The summed E-state index contributed by atoms with van der Waals surface area (Å²) in [5.41, 5.74) is 6.57. The first-order chi connectivity index (χ1) is 10.9. The van der Waals surface area contributed by atoms with Crippen LogP contribution in [0.2, 0.25) is 0 Å². The van der Waals surface area contributed by atoms with E-state index in [-0.39, 0.29) is 128 Å². The van der Waals surface area contributed by atoms with Crippen molar-refractivity contribution in [3.63, 3.8) is 0 Å². The molecule has 140 valence electrons. The largest absolute Gasteiger partial charge is 1.00 e. The van der Waals surface area contributed by atoms with Crippen LogP contribution in [-0.4, -0.2) is 32.3 Å². The molecular formula is C16H34KN2O3PY2-2. The van der Waals surface area contributed by atoms with E-state index in [1.54, 1.807) is 20.8 Å². The first kappa shape index (κ1) is 38.7. The minimum Gasteiger partial charge on any atom is -0.677 e. The van der Waals surface area contributed by atoms with Gasteiger partial charge in [0.2, 0.25) is 5.91 Å². The summed E-state index contributed by atoms with van der Waals surface area (Å²) in [5, 5.41) is 2.91. The molecular weight excluding hydrogens is 516 g/mol. The summed E-state index contributed by atoms with van der Waals surface area (Å²) in [6, 6.07) is 0. The van der Waals surface area contributed by atoms with E-state index in [0.29, 0.717) is 13.0 Å². The third kappa shape index (κ3) is 46.8. The number of carbonyl (C=O) groups is 1. The summed E-state index contributed by atoms with van der Waals surface area (Å²) >= 11 is 0. The van der Waals surface area contributed by atoms with E-state index in [1.165, 1.54) is 19.3 Å². The number of rotatable bonds is 10. The van der Waals surface area contributed by atoms with Crippen molar-refractivity contribution in [3.05, 3.63) is 5.73 Å². The quantitative estimate of drug-likeness (QED) is 0.191. The van der Waals surface area contributed by atoms with Gasteiger partial charge in [0.05, 0.1) is 5.60 Å². The number of hydrogen-bond acceptors (Lipinski definition) is 3.